The SMILES string of the molecule is CCCCC(C)(CC)C([O])OCC(C)CC(C)CC. The highest BCUT2D eigenvalue weighted by Gasteiger charge is 2.33. The lowest BCUT2D eigenvalue weighted by molar-refractivity contribution is -0.213. The lowest BCUT2D eigenvalue weighted by atomic mass is 9.81. The van der Waals surface area contributed by atoms with Crippen molar-refractivity contribution in [1.29, 1.82) is 0 Å². The Morgan fingerprint density at radius 2 is 1.74 bits per heavy atom. The standard InChI is InChI=1S/C17H35O2/c1-7-10-11-17(6,9-3)16(18)19-13-15(5)12-14(4)8-2/h14-16H,7-13H2,1-6H3. The molecule has 0 aliphatic heterocycles. The molecule has 0 N–H and O–H groups in total. The van der Waals surface area contributed by atoms with Gasteiger partial charge in [-0.3, -0.25) is 0 Å². The molecular formula is C17H35O2. The minimum atomic E-state index is -0.872. The van der Waals surface area contributed by atoms with Gasteiger partial charge in [0.15, 0.2) is 6.29 Å². The van der Waals surface area contributed by atoms with Gasteiger partial charge in [0.05, 0.1) is 6.61 Å². The van der Waals surface area contributed by atoms with Gasteiger partial charge in [0.1, 0.15) is 0 Å². The van der Waals surface area contributed by atoms with Crippen molar-refractivity contribution in [3.8, 4) is 0 Å². The van der Waals surface area contributed by atoms with Crippen LogP contribution in [-0.2, 0) is 9.84 Å². The first kappa shape index (κ1) is 18.9. The van der Waals surface area contributed by atoms with Crippen LogP contribution in [-0.4, -0.2) is 12.9 Å². The summed E-state index contributed by atoms with van der Waals surface area (Å²) in [6.45, 7) is 13.6. The molecule has 0 aromatic rings. The maximum Gasteiger partial charge on any atom is 0.196 e. The van der Waals surface area contributed by atoms with E-state index in [4.69, 9.17) is 4.74 Å². The monoisotopic (exact) mass is 271 g/mol. The van der Waals surface area contributed by atoms with Crippen molar-refractivity contribution in [1.82, 2.24) is 0 Å². The zero-order chi connectivity index (χ0) is 14.9. The number of ether oxygens (including phenoxy) is 1. The van der Waals surface area contributed by atoms with Crippen LogP contribution < -0.4 is 0 Å². The first-order chi connectivity index (χ1) is 8.89. The smallest absolute Gasteiger partial charge is 0.196 e. The highest BCUT2D eigenvalue weighted by atomic mass is 16.6. The molecule has 0 aromatic carbocycles. The van der Waals surface area contributed by atoms with Crippen LogP contribution in [0.15, 0.2) is 0 Å². The normalized spacial score (nSPS) is 19.7. The lowest BCUT2D eigenvalue weighted by Gasteiger charge is -2.32. The predicted octanol–water partition coefficient (Wildman–Crippen LogP) is 5.44. The summed E-state index contributed by atoms with van der Waals surface area (Å²) >= 11 is 0. The molecule has 0 spiro atoms. The summed E-state index contributed by atoms with van der Waals surface area (Å²) in [6, 6.07) is 0. The number of unbranched alkanes of at least 4 members (excludes halogenated alkanes) is 1. The second-order valence-electron chi connectivity index (χ2n) is 6.63. The van der Waals surface area contributed by atoms with E-state index in [-0.39, 0.29) is 5.41 Å². The van der Waals surface area contributed by atoms with Gasteiger partial charge in [-0.25, -0.2) is 5.11 Å². The summed E-state index contributed by atoms with van der Waals surface area (Å²) in [6.07, 6.45) is 5.63. The molecule has 0 saturated heterocycles. The third-order valence-corrected chi connectivity index (χ3v) is 4.51. The molecule has 0 heterocycles. The molecule has 0 fully saturated rings. The second kappa shape index (κ2) is 9.77. The maximum atomic E-state index is 12.3. The van der Waals surface area contributed by atoms with E-state index >= 15 is 0 Å². The van der Waals surface area contributed by atoms with E-state index in [0.29, 0.717) is 12.5 Å². The van der Waals surface area contributed by atoms with Crippen molar-refractivity contribution < 1.29 is 9.84 Å². The van der Waals surface area contributed by atoms with Gasteiger partial charge in [0, 0.05) is 5.41 Å². The molecule has 0 aliphatic carbocycles. The van der Waals surface area contributed by atoms with Gasteiger partial charge < -0.3 is 4.74 Å². The largest absolute Gasteiger partial charge is 0.349 e. The Hall–Kier alpha value is -0.0800. The molecule has 0 bridgehead atoms. The molecule has 0 aromatic heterocycles. The van der Waals surface area contributed by atoms with E-state index in [1.807, 2.05) is 0 Å². The Balaban J connectivity index is 4.15. The number of rotatable bonds is 11. The first-order valence-corrected chi connectivity index (χ1v) is 8.16. The molecule has 4 unspecified atom stereocenters. The van der Waals surface area contributed by atoms with Crippen LogP contribution in [0.4, 0.5) is 0 Å². The summed E-state index contributed by atoms with van der Waals surface area (Å²) in [5.74, 6) is 1.21. The fourth-order valence-electron chi connectivity index (χ4n) is 2.42. The average Bonchev–Trinajstić information content (AvgIpc) is 2.41. The zero-order valence-corrected chi connectivity index (χ0v) is 14.0. The first-order valence-electron chi connectivity index (χ1n) is 8.16. The molecule has 0 rings (SSSR count). The second-order valence-corrected chi connectivity index (χ2v) is 6.63. The summed E-state index contributed by atoms with van der Waals surface area (Å²) < 4.78 is 5.65. The topological polar surface area (TPSA) is 29.1 Å². The van der Waals surface area contributed by atoms with Crippen LogP contribution in [0.1, 0.15) is 80.1 Å². The van der Waals surface area contributed by atoms with Crippen LogP contribution >= 0.6 is 0 Å². The third-order valence-electron chi connectivity index (χ3n) is 4.51. The summed E-state index contributed by atoms with van der Waals surface area (Å²) in [5, 5.41) is 12.3. The molecule has 2 heteroatoms. The molecule has 115 valence electrons. The third kappa shape index (κ3) is 7.31. The zero-order valence-electron chi connectivity index (χ0n) is 14.0. The van der Waals surface area contributed by atoms with E-state index in [2.05, 4.69) is 41.5 Å². The Kier molecular flexibility index (Phi) is 9.72. The van der Waals surface area contributed by atoms with Crippen LogP contribution in [0.5, 0.6) is 0 Å². The van der Waals surface area contributed by atoms with Crippen LogP contribution in [0.3, 0.4) is 0 Å². The molecule has 19 heavy (non-hydrogen) atoms. The van der Waals surface area contributed by atoms with Crippen molar-refractivity contribution in [3.63, 3.8) is 0 Å². The summed E-state index contributed by atoms with van der Waals surface area (Å²) in [5.41, 5.74) is -0.202. The van der Waals surface area contributed by atoms with E-state index in [1.165, 1.54) is 6.42 Å². The predicted molar refractivity (Wildman–Crippen MR) is 81.6 cm³/mol. The molecule has 0 amide bonds. The molecule has 4 atom stereocenters. The van der Waals surface area contributed by atoms with E-state index in [0.717, 1.165) is 38.0 Å². The van der Waals surface area contributed by atoms with Gasteiger partial charge in [-0.15, -0.1) is 0 Å². The highest BCUT2D eigenvalue weighted by Crippen LogP contribution is 2.33. The van der Waals surface area contributed by atoms with Crippen molar-refractivity contribution in [2.75, 3.05) is 6.61 Å². The Morgan fingerprint density at radius 1 is 1.11 bits per heavy atom. The van der Waals surface area contributed by atoms with Gasteiger partial charge in [0.25, 0.3) is 0 Å². The Morgan fingerprint density at radius 3 is 2.21 bits per heavy atom. The lowest BCUT2D eigenvalue weighted by Crippen LogP contribution is -2.34. The van der Waals surface area contributed by atoms with Crippen LogP contribution in [0, 0.1) is 17.3 Å². The summed E-state index contributed by atoms with van der Waals surface area (Å²) in [7, 11) is 0. The van der Waals surface area contributed by atoms with Crippen LogP contribution in [0.25, 0.3) is 0 Å². The molecular weight excluding hydrogens is 236 g/mol. The van der Waals surface area contributed by atoms with Crippen molar-refractivity contribution in [3.05, 3.63) is 0 Å². The average molecular weight is 271 g/mol. The summed E-state index contributed by atoms with van der Waals surface area (Å²) in [4.78, 5) is 0. The highest BCUT2D eigenvalue weighted by molar-refractivity contribution is 4.75. The van der Waals surface area contributed by atoms with Crippen molar-refractivity contribution >= 4 is 0 Å². The molecule has 0 aliphatic rings. The minimum absolute atomic E-state index is 0.202. The van der Waals surface area contributed by atoms with Gasteiger partial charge >= 0.3 is 0 Å². The Bertz CT molecular complexity index is 217. The molecule has 0 saturated carbocycles. The fourth-order valence-corrected chi connectivity index (χ4v) is 2.42. The van der Waals surface area contributed by atoms with Gasteiger partial charge in [-0.2, -0.15) is 0 Å². The fraction of sp³-hybridized carbons (Fsp3) is 1.00. The maximum absolute atomic E-state index is 12.3. The van der Waals surface area contributed by atoms with Crippen molar-refractivity contribution in [2.45, 2.75) is 86.4 Å². The number of hydrogen-bond donors (Lipinski definition) is 0. The minimum Gasteiger partial charge on any atom is -0.349 e. The van der Waals surface area contributed by atoms with E-state index < -0.39 is 6.29 Å². The van der Waals surface area contributed by atoms with E-state index in [1.54, 1.807) is 0 Å². The molecule has 2 nitrogen and oxygen atoms in total. The molecule has 1 radical (unpaired) electrons. The van der Waals surface area contributed by atoms with E-state index in [9.17, 15) is 5.11 Å². The van der Waals surface area contributed by atoms with Gasteiger partial charge in [-0.05, 0) is 31.1 Å². The number of hydrogen-bond acceptors (Lipinski definition) is 1. The van der Waals surface area contributed by atoms with Crippen molar-refractivity contribution in [2.24, 2.45) is 17.3 Å². The quantitative estimate of drug-likeness (QED) is 0.460. The van der Waals surface area contributed by atoms with Crippen LogP contribution in [0.2, 0.25) is 0 Å². The Labute approximate surface area is 120 Å². The van der Waals surface area contributed by atoms with Gasteiger partial charge in [-0.1, -0.05) is 60.8 Å². The van der Waals surface area contributed by atoms with Gasteiger partial charge in [0.2, 0.25) is 0 Å².